The summed E-state index contributed by atoms with van der Waals surface area (Å²) in [4.78, 5) is 7.47. The van der Waals surface area contributed by atoms with Crippen molar-refractivity contribution >= 4 is 27.3 Å². The number of nitrogens with zero attached hydrogens (tertiary/aromatic N) is 3. The number of likely N-dealkylation sites (N-methyl/N-ethyl adjacent to an activating group) is 1. The van der Waals surface area contributed by atoms with Crippen LogP contribution in [0.1, 0.15) is 23.8 Å². The molecule has 1 fully saturated rings. The topological polar surface area (TPSA) is 77.0 Å². The molecule has 1 aromatic heterocycles. The molecule has 160 valence electrons. The molecule has 2 rings (SSSR count). The average Bonchev–Trinajstić information content (AvgIpc) is 3.14. The summed E-state index contributed by atoms with van der Waals surface area (Å²) in [6, 6.07) is 4.05. The maximum absolute atomic E-state index is 12.7. The number of hydrogen-bond donors (Lipinski definition) is 2. The molecule has 1 aliphatic heterocycles. The van der Waals surface area contributed by atoms with E-state index in [0.717, 1.165) is 0 Å². The van der Waals surface area contributed by atoms with Crippen molar-refractivity contribution in [2.24, 2.45) is 4.99 Å². The number of piperidine rings is 1. The van der Waals surface area contributed by atoms with Crippen molar-refractivity contribution in [3.63, 3.8) is 0 Å². The molecule has 1 aromatic rings. The second-order valence-corrected chi connectivity index (χ2v) is 9.63. The highest BCUT2D eigenvalue weighted by Crippen LogP contribution is 2.29. The summed E-state index contributed by atoms with van der Waals surface area (Å²) in [5.74, 6) is 0.542. The molecule has 0 aromatic carbocycles. The molecule has 0 aliphatic carbocycles. The van der Waals surface area contributed by atoms with Gasteiger partial charge in [-0.25, -0.2) is 8.42 Å². The molecule has 0 saturated carbocycles. The lowest BCUT2D eigenvalue weighted by atomic mass is 10.1. The molecule has 1 unspecified atom stereocenters. The van der Waals surface area contributed by atoms with E-state index in [9.17, 15) is 21.6 Å². The second-order valence-electron chi connectivity index (χ2n) is 6.72. The molecule has 1 aliphatic rings. The predicted octanol–water partition coefficient (Wildman–Crippen LogP) is 1.83. The van der Waals surface area contributed by atoms with Gasteiger partial charge >= 0.3 is 15.5 Å². The number of guanidine groups is 1. The SMILES string of the molecule is CN=C(NCC(c1cccs1)N(C)C)NC1CCN(S(=O)(=O)C(F)(F)F)CC1. The van der Waals surface area contributed by atoms with Crippen molar-refractivity contribution in [1.82, 2.24) is 19.8 Å². The number of hydrogen-bond acceptors (Lipinski definition) is 5. The Kier molecular flexibility index (Phi) is 7.71. The van der Waals surface area contributed by atoms with Crippen molar-refractivity contribution in [3.8, 4) is 0 Å². The van der Waals surface area contributed by atoms with Crippen LogP contribution in [0.2, 0.25) is 0 Å². The van der Waals surface area contributed by atoms with E-state index in [2.05, 4.69) is 26.6 Å². The Morgan fingerprint density at radius 2 is 2.04 bits per heavy atom. The predicted molar refractivity (Wildman–Crippen MR) is 105 cm³/mol. The fraction of sp³-hybridized carbons (Fsp3) is 0.688. The van der Waals surface area contributed by atoms with Gasteiger partial charge in [0, 0.05) is 37.6 Å². The van der Waals surface area contributed by atoms with Gasteiger partial charge in [-0.3, -0.25) is 4.99 Å². The van der Waals surface area contributed by atoms with Gasteiger partial charge in [-0.2, -0.15) is 17.5 Å². The third-order valence-corrected chi connectivity index (χ3v) is 7.21. The van der Waals surface area contributed by atoms with Gasteiger partial charge < -0.3 is 15.5 Å². The number of aliphatic imine (C=N–C) groups is 1. The molecule has 0 amide bonds. The Bertz CT molecular complexity index is 743. The van der Waals surface area contributed by atoms with Crippen LogP contribution in [0.25, 0.3) is 0 Å². The number of nitrogens with one attached hydrogen (secondary N) is 2. The van der Waals surface area contributed by atoms with E-state index in [4.69, 9.17) is 0 Å². The van der Waals surface area contributed by atoms with Crippen LogP contribution in [-0.2, 0) is 10.0 Å². The molecule has 2 heterocycles. The first kappa shape index (κ1) is 22.9. The number of rotatable bonds is 6. The zero-order valence-electron chi connectivity index (χ0n) is 16.0. The van der Waals surface area contributed by atoms with Crippen molar-refractivity contribution in [2.75, 3.05) is 40.8 Å². The quantitative estimate of drug-likeness (QED) is 0.520. The number of alkyl halides is 3. The summed E-state index contributed by atoms with van der Waals surface area (Å²) in [5, 5.41) is 8.44. The fourth-order valence-electron chi connectivity index (χ4n) is 2.99. The highest BCUT2D eigenvalue weighted by atomic mass is 32.2. The molecule has 0 bridgehead atoms. The van der Waals surface area contributed by atoms with Crippen LogP contribution in [0.3, 0.4) is 0 Å². The van der Waals surface area contributed by atoms with E-state index in [-0.39, 0.29) is 38.0 Å². The maximum Gasteiger partial charge on any atom is 0.511 e. The van der Waals surface area contributed by atoms with Crippen LogP contribution < -0.4 is 10.6 Å². The van der Waals surface area contributed by atoms with Crippen molar-refractivity contribution in [2.45, 2.75) is 30.4 Å². The van der Waals surface area contributed by atoms with Gasteiger partial charge in [0.25, 0.3) is 0 Å². The summed E-state index contributed by atoms with van der Waals surface area (Å²) in [6.45, 7) is 0.256. The summed E-state index contributed by atoms with van der Waals surface area (Å²) >= 11 is 1.66. The number of halogens is 3. The lowest BCUT2D eigenvalue weighted by Crippen LogP contribution is -2.52. The Hall–Kier alpha value is -1.37. The molecule has 1 saturated heterocycles. The van der Waals surface area contributed by atoms with E-state index in [0.29, 0.717) is 16.8 Å². The lowest BCUT2D eigenvalue weighted by molar-refractivity contribution is -0.0494. The first-order valence-electron chi connectivity index (χ1n) is 8.79. The van der Waals surface area contributed by atoms with Crippen LogP contribution in [0.4, 0.5) is 13.2 Å². The van der Waals surface area contributed by atoms with Crippen LogP contribution in [-0.4, -0.2) is 75.9 Å². The molecule has 2 N–H and O–H groups in total. The molecular formula is C16H26F3N5O2S2. The zero-order valence-corrected chi connectivity index (χ0v) is 17.7. The Balaban J connectivity index is 1.88. The summed E-state index contributed by atoms with van der Waals surface area (Å²) in [6.07, 6.45) is 0.552. The zero-order chi connectivity index (χ0) is 20.9. The first-order chi connectivity index (χ1) is 13.1. The minimum atomic E-state index is -5.26. The third kappa shape index (κ3) is 5.58. The van der Waals surface area contributed by atoms with Crippen molar-refractivity contribution in [1.29, 1.82) is 0 Å². The van der Waals surface area contributed by atoms with Gasteiger partial charge in [0.05, 0.1) is 6.04 Å². The van der Waals surface area contributed by atoms with E-state index in [1.807, 2.05) is 25.5 Å². The molecular weight excluding hydrogens is 415 g/mol. The van der Waals surface area contributed by atoms with Crippen LogP contribution in [0.15, 0.2) is 22.5 Å². The second kappa shape index (κ2) is 9.42. The van der Waals surface area contributed by atoms with E-state index in [1.165, 1.54) is 4.88 Å². The van der Waals surface area contributed by atoms with Crippen LogP contribution in [0.5, 0.6) is 0 Å². The number of thiophene rings is 1. The van der Waals surface area contributed by atoms with Gasteiger partial charge in [-0.05, 0) is 38.4 Å². The highest BCUT2D eigenvalue weighted by Gasteiger charge is 2.50. The molecule has 0 radical (unpaired) electrons. The summed E-state index contributed by atoms with van der Waals surface area (Å²) in [7, 11) is 0.332. The van der Waals surface area contributed by atoms with Gasteiger partial charge in [0.2, 0.25) is 0 Å². The molecule has 0 spiro atoms. The molecule has 28 heavy (non-hydrogen) atoms. The van der Waals surface area contributed by atoms with E-state index in [1.54, 1.807) is 18.4 Å². The van der Waals surface area contributed by atoms with Gasteiger partial charge in [0.15, 0.2) is 5.96 Å². The van der Waals surface area contributed by atoms with Crippen LogP contribution >= 0.6 is 11.3 Å². The van der Waals surface area contributed by atoms with E-state index >= 15 is 0 Å². The fourth-order valence-corrected chi connectivity index (χ4v) is 4.89. The van der Waals surface area contributed by atoms with Crippen molar-refractivity contribution < 1.29 is 21.6 Å². The van der Waals surface area contributed by atoms with Gasteiger partial charge in [0.1, 0.15) is 0 Å². The first-order valence-corrected chi connectivity index (χ1v) is 11.1. The average molecular weight is 442 g/mol. The Labute approximate surface area is 167 Å². The molecule has 1 atom stereocenters. The number of sulfonamides is 1. The monoisotopic (exact) mass is 441 g/mol. The molecule has 7 nitrogen and oxygen atoms in total. The van der Waals surface area contributed by atoms with E-state index < -0.39 is 15.5 Å². The normalized spacial score (nSPS) is 19.0. The lowest BCUT2D eigenvalue weighted by Gasteiger charge is -2.33. The standard InChI is InChI=1S/C16H26F3N5O2S2/c1-20-15(21-11-13(23(2)3)14-5-4-10-27-14)22-12-6-8-24(9-7-12)28(25,26)16(17,18)19/h4-5,10,12-13H,6-9,11H2,1-3H3,(H2,20,21,22). The largest absolute Gasteiger partial charge is 0.511 e. The summed E-state index contributed by atoms with van der Waals surface area (Å²) in [5.41, 5.74) is -5.26. The minimum Gasteiger partial charge on any atom is -0.354 e. The molecule has 12 heteroatoms. The van der Waals surface area contributed by atoms with Gasteiger partial charge in [-0.1, -0.05) is 6.07 Å². The Morgan fingerprint density at radius 3 is 2.50 bits per heavy atom. The smallest absolute Gasteiger partial charge is 0.354 e. The summed E-state index contributed by atoms with van der Waals surface area (Å²) < 4.78 is 61.5. The Morgan fingerprint density at radius 1 is 1.39 bits per heavy atom. The third-order valence-electron chi connectivity index (χ3n) is 4.61. The van der Waals surface area contributed by atoms with Crippen LogP contribution in [0, 0.1) is 0 Å². The minimum absolute atomic E-state index is 0.148. The highest BCUT2D eigenvalue weighted by molar-refractivity contribution is 7.90. The van der Waals surface area contributed by atoms with Gasteiger partial charge in [-0.15, -0.1) is 11.3 Å². The maximum atomic E-state index is 12.7. The van der Waals surface area contributed by atoms with Crippen molar-refractivity contribution in [3.05, 3.63) is 22.4 Å².